The summed E-state index contributed by atoms with van der Waals surface area (Å²) in [5.41, 5.74) is 5.68. The summed E-state index contributed by atoms with van der Waals surface area (Å²) in [6.45, 7) is 3.33. The van der Waals surface area contributed by atoms with Crippen LogP contribution in [0.15, 0.2) is 22.7 Å². The van der Waals surface area contributed by atoms with Gasteiger partial charge in [0.05, 0.1) is 11.4 Å². The van der Waals surface area contributed by atoms with Gasteiger partial charge in [0.25, 0.3) is 17.6 Å². The summed E-state index contributed by atoms with van der Waals surface area (Å²) < 4.78 is 25.5. The van der Waals surface area contributed by atoms with Crippen molar-refractivity contribution < 1.29 is 18.4 Å². The monoisotopic (exact) mass is 372 g/mol. The molecule has 5 atom stereocenters. The largest absolute Gasteiger partial charge is 0.417 e. The molecule has 1 spiro atoms. The molecule has 2 bridgehead atoms. The van der Waals surface area contributed by atoms with E-state index in [4.69, 9.17) is 15.0 Å². The van der Waals surface area contributed by atoms with Crippen molar-refractivity contribution in [3.63, 3.8) is 0 Å². The van der Waals surface area contributed by atoms with Crippen molar-refractivity contribution in [2.75, 3.05) is 28.2 Å². The second-order valence-electron chi connectivity index (χ2n) is 7.64. The van der Waals surface area contributed by atoms with Gasteiger partial charge in [0.1, 0.15) is 11.9 Å². The average molecular weight is 372 g/mol. The molecular formula is C17H17FN6O3. The SMILES string of the molecule is CC1N(c2ccc(N3C[C@@H]4[C@@H](N)[C@@H]4C3)c(F)c2)C(=O)O[C@@]12Nc1noc2n1. The molecule has 10 heteroatoms. The van der Waals surface area contributed by atoms with Gasteiger partial charge in [-0.05, 0) is 42.1 Å². The number of carbonyl (C=O) groups is 1. The molecule has 6 rings (SSSR count). The topological polar surface area (TPSA) is 110 Å². The fourth-order valence-electron chi connectivity index (χ4n) is 4.61. The van der Waals surface area contributed by atoms with Gasteiger partial charge in [-0.15, -0.1) is 0 Å². The number of carbonyl (C=O) groups excluding carboxylic acids is 1. The van der Waals surface area contributed by atoms with Crippen LogP contribution in [0.2, 0.25) is 0 Å². The fourth-order valence-corrected chi connectivity index (χ4v) is 4.61. The molecule has 1 amide bonds. The molecule has 1 unspecified atom stereocenters. The van der Waals surface area contributed by atoms with E-state index < -0.39 is 17.9 Å². The summed E-state index contributed by atoms with van der Waals surface area (Å²) >= 11 is 0. The van der Waals surface area contributed by atoms with Gasteiger partial charge in [0.15, 0.2) is 0 Å². The predicted molar refractivity (Wildman–Crippen MR) is 91.6 cm³/mol. The Balaban J connectivity index is 1.29. The van der Waals surface area contributed by atoms with Gasteiger partial charge in [0.2, 0.25) is 0 Å². The number of halogens is 1. The fraction of sp³-hybridized carbons (Fsp3) is 0.471. The normalized spacial score (nSPS) is 35.6. The number of hydrogen-bond acceptors (Lipinski definition) is 8. The Kier molecular flexibility index (Phi) is 2.64. The molecule has 4 aliphatic rings. The molecule has 1 saturated carbocycles. The number of aromatic nitrogens is 2. The number of ether oxygens (including phenoxy) is 1. The lowest BCUT2D eigenvalue weighted by atomic mass is 10.1. The van der Waals surface area contributed by atoms with Crippen molar-refractivity contribution >= 4 is 23.4 Å². The molecule has 3 fully saturated rings. The van der Waals surface area contributed by atoms with Crippen molar-refractivity contribution in [3.8, 4) is 0 Å². The maximum absolute atomic E-state index is 14.8. The van der Waals surface area contributed by atoms with Gasteiger partial charge in [-0.3, -0.25) is 4.90 Å². The van der Waals surface area contributed by atoms with Gasteiger partial charge in [-0.25, -0.2) is 9.18 Å². The zero-order chi connectivity index (χ0) is 18.5. The highest BCUT2D eigenvalue weighted by atomic mass is 19.1. The summed E-state index contributed by atoms with van der Waals surface area (Å²) in [5, 5.41) is 6.64. The number of rotatable bonds is 2. The summed E-state index contributed by atoms with van der Waals surface area (Å²) in [6.07, 6.45) is -0.602. The van der Waals surface area contributed by atoms with E-state index >= 15 is 0 Å². The molecule has 140 valence electrons. The number of nitrogens with two attached hydrogens (primary N) is 1. The molecule has 3 aliphatic heterocycles. The number of amides is 1. The minimum absolute atomic E-state index is 0.186. The summed E-state index contributed by atoms with van der Waals surface area (Å²) in [5.74, 6) is 1.00. The standard InChI is InChI=1S/C17H17FN6O3/c1-7-17(14-20-15(21-17)22-27-14)26-16(25)24(7)8-2-3-12(11(18)4-8)23-5-9-10(6-23)13(9)19/h2-4,7,9-10,13H,5-6,19H2,1H3,(H,21,22)/t7?,9-,10+,13+,17-/m0/s1. The van der Waals surface area contributed by atoms with Crippen LogP contribution in [0.5, 0.6) is 0 Å². The first-order valence-corrected chi connectivity index (χ1v) is 8.92. The second-order valence-corrected chi connectivity index (χ2v) is 7.64. The highest BCUT2D eigenvalue weighted by Crippen LogP contribution is 2.47. The van der Waals surface area contributed by atoms with E-state index in [0.717, 1.165) is 13.1 Å². The lowest BCUT2D eigenvalue weighted by Crippen LogP contribution is -2.46. The third kappa shape index (κ3) is 1.83. The van der Waals surface area contributed by atoms with Crippen LogP contribution in [-0.2, 0) is 10.5 Å². The Morgan fingerprint density at radius 1 is 1.37 bits per heavy atom. The first kappa shape index (κ1) is 15.2. The van der Waals surface area contributed by atoms with E-state index in [2.05, 4.69) is 15.5 Å². The average Bonchev–Trinajstić information content (AvgIpc) is 3.16. The second kappa shape index (κ2) is 4.69. The highest BCUT2D eigenvalue weighted by molar-refractivity contribution is 5.92. The summed E-state index contributed by atoms with van der Waals surface area (Å²) in [4.78, 5) is 20.0. The first-order chi connectivity index (χ1) is 13.0. The maximum atomic E-state index is 14.8. The third-order valence-corrected chi connectivity index (χ3v) is 6.27. The summed E-state index contributed by atoms with van der Waals surface area (Å²) in [7, 11) is 0. The smallest absolute Gasteiger partial charge is 0.410 e. The van der Waals surface area contributed by atoms with Crippen LogP contribution >= 0.6 is 0 Å². The van der Waals surface area contributed by atoms with Crippen LogP contribution < -0.4 is 20.9 Å². The van der Waals surface area contributed by atoms with E-state index in [0.29, 0.717) is 23.2 Å². The number of piperidine rings is 1. The Bertz CT molecular complexity index is 969. The van der Waals surface area contributed by atoms with Crippen molar-refractivity contribution in [1.29, 1.82) is 0 Å². The van der Waals surface area contributed by atoms with E-state index in [1.54, 1.807) is 19.1 Å². The van der Waals surface area contributed by atoms with Crippen LogP contribution in [0.4, 0.5) is 26.5 Å². The molecule has 1 aromatic heterocycles. The lowest BCUT2D eigenvalue weighted by molar-refractivity contribution is 0.0313. The molecule has 27 heavy (non-hydrogen) atoms. The highest BCUT2D eigenvalue weighted by Gasteiger charge is 2.61. The van der Waals surface area contributed by atoms with Crippen LogP contribution in [0.3, 0.4) is 0 Å². The molecule has 1 aliphatic carbocycles. The Hall–Kier alpha value is -2.88. The molecule has 2 aromatic rings. The van der Waals surface area contributed by atoms with Crippen LogP contribution in [-0.4, -0.2) is 41.4 Å². The van der Waals surface area contributed by atoms with E-state index in [9.17, 15) is 9.18 Å². The summed E-state index contributed by atoms with van der Waals surface area (Å²) in [6, 6.07) is 4.55. The van der Waals surface area contributed by atoms with Gasteiger partial charge in [-0.2, -0.15) is 4.98 Å². The number of anilines is 3. The zero-order valence-corrected chi connectivity index (χ0v) is 14.4. The van der Waals surface area contributed by atoms with Crippen LogP contribution in [0, 0.1) is 17.7 Å². The Morgan fingerprint density at radius 2 is 2.15 bits per heavy atom. The van der Waals surface area contributed by atoms with E-state index in [1.165, 1.54) is 11.0 Å². The minimum Gasteiger partial charge on any atom is -0.410 e. The van der Waals surface area contributed by atoms with Crippen molar-refractivity contribution in [3.05, 3.63) is 29.9 Å². The number of nitrogens with zero attached hydrogens (tertiary/aromatic N) is 4. The minimum atomic E-state index is -1.23. The van der Waals surface area contributed by atoms with Gasteiger partial charge in [0, 0.05) is 19.1 Å². The van der Waals surface area contributed by atoms with Crippen molar-refractivity contribution in [1.82, 2.24) is 10.1 Å². The molecule has 4 heterocycles. The number of hydrogen-bond donors (Lipinski definition) is 2. The molecule has 3 N–H and O–H groups in total. The van der Waals surface area contributed by atoms with Crippen molar-refractivity contribution in [2.45, 2.75) is 24.7 Å². The molecule has 1 aromatic carbocycles. The van der Waals surface area contributed by atoms with Gasteiger partial charge >= 0.3 is 6.09 Å². The first-order valence-electron chi connectivity index (χ1n) is 8.92. The van der Waals surface area contributed by atoms with Crippen LogP contribution in [0.1, 0.15) is 12.8 Å². The molecule has 2 saturated heterocycles. The number of benzene rings is 1. The van der Waals surface area contributed by atoms with Gasteiger partial charge < -0.3 is 25.2 Å². The third-order valence-electron chi connectivity index (χ3n) is 6.27. The van der Waals surface area contributed by atoms with Crippen LogP contribution in [0.25, 0.3) is 0 Å². The van der Waals surface area contributed by atoms with Gasteiger partial charge in [-0.1, -0.05) is 0 Å². The van der Waals surface area contributed by atoms with E-state index in [1.807, 2.05) is 4.90 Å². The van der Waals surface area contributed by atoms with Crippen molar-refractivity contribution in [2.24, 2.45) is 17.6 Å². The zero-order valence-electron chi connectivity index (χ0n) is 14.4. The Morgan fingerprint density at radius 3 is 2.78 bits per heavy atom. The molecular weight excluding hydrogens is 355 g/mol. The number of nitrogens with one attached hydrogen (secondary N) is 1. The Labute approximate surface area is 153 Å². The maximum Gasteiger partial charge on any atom is 0.417 e. The molecule has 9 nitrogen and oxygen atoms in total. The molecule has 0 radical (unpaired) electrons. The van der Waals surface area contributed by atoms with E-state index in [-0.39, 0.29) is 23.7 Å². The lowest BCUT2D eigenvalue weighted by Gasteiger charge is -2.28. The quantitative estimate of drug-likeness (QED) is 0.810. The predicted octanol–water partition coefficient (Wildman–Crippen LogP) is 1.23. The number of fused-ring (bicyclic) bond motifs is 4.